The molecule has 0 bridgehead atoms. The highest BCUT2D eigenvalue weighted by Crippen LogP contribution is 2.33. The second kappa shape index (κ2) is 9.14. The number of nitrogens with one attached hydrogen (secondary N) is 1. The van der Waals surface area contributed by atoms with Gasteiger partial charge in [-0.05, 0) is 55.4 Å². The summed E-state index contributed by atoms with van der Waals surface area (Å²) in [7, 11) is 0. The Morgan fingerprint density at radius 3 is 2.71 bits per heavy atom. The molecule has 34 heavy (non-hydrogen) atoms. The van der Waals surface area contributed by atoms with Crippen molar-refractivity contribution in [1.82, 2.24) is 19.5 Å². The molecule has 9 heteroatoms. The smallest absolute Gasteiger partial charge is 0.228 e. The highest BCUT2D eigenvalue weighted by atomic mass is 16.5. The maximum atomic E-state index is 12.1. The molecule has 2 aliphatic rings. The number of piperidine rings is 1. The molecule has 3 aromatic heterocycles. The van der Waals surface area contributed by atoms with Gasteiger partial charge in [-0.3, -0.25) is 9.59 Å². The topological polar surface area (TPSA) is 113 Å². The average Bonchev–Trinajstić information content (AvgIpc) is 3.63. The van der Waals surface area contributed by atoms with Crippen LogP contribution in [0.5, 0.6) is 5.75 Å². The second-order valence-electron chi connectivity index (χ2n) is 9.02. The number of carbonyl (C=O) groups excluding carboxylic acids is 2. The van der Waals surface area contributed by atoms with Crippen LogP contribution in [0.1, 0.15) is 38.3 Å². The van der Waals surface area contributed by atoms with Crippen molar-refractivity contribution in [1.29, 1.82) is 5.26 Å². The zero-order valence-electron chi connectivity index (χ0n) is 19.0. The van der Waals surface area contributed by atoms with Crippen LogP contribution < -0.4 is 10.1 Å². The number of nitriles is 1. The van der Waals surface area contributed by atoms with Gasteiger partial charge in [0.05, 0.1) is 18.3 Å². The van der Waals surface area contributed by atoms with Crippen LogP contribution in [-0.2, 0) is 9.59 Å². The quantitative estimate of drug-likeness (QED) is 0.607. The molecule has 9 nitrogen and oxygen atoms in total. The number of nitrogens with zero attached hydrogens (tertiary/aromatic N) is 5. The van der Waals surface area contributed by atoms with E-state index in [0.717, 1.165) is 55.4 Å². The summed E-state index contributed by atoms with van der Waals surface area (Å²) in [4.78, 5) is 29.7. The zero-order chi connectivity index (χ0) is 23.7. The molecule has 4 heterocycles. The maximum absolute atomic E-state index is 12.1. The first-order valence-corrected chi connectivity index (χ1v) is 11.6. The third kappa shape index (κ3) is 4.71. The molecule has 5 rings (SSSR count). The van der Waals surface area contributed by atoms with Gasteiger partial charge in [0.25, 0.3) is 0 Å². The molecule has 2 amide bonds. The normalized spacial score (nSPS) is 16.3. The van der Waals surface area contributed by atoms with E-state index in [2.05, 4.69) is 21.5 Å². The predicted molar refractivity (Wildman–Crippen MR) is 125 cm³/mol. The number of hydrogen-bond acceptors (Lipinski definition) is 6. The summed E-state index contributed by atoms with van der Waals surface area (Å²) in [5.41, 5.74) is 2.78. The summed E-state index contributed by atoms with van der Waals surface area (Å²) in [6, 6.07) is 9.51. The minimum atomic E-state index is 0.0150. The number of fused-ring (bicyclic) bond motifs is 1. The molecule has 1 saturated heterocycles. The van der Waals surface area contributed by atoms with E-state index in [1.165, 1.54) is 0 Å². The van der Waals surface area contributed by atoms with E-state index in [1.807, 2.05) is 29.3 Å². The van der Waals surface area contributed by atoms with Crippen molar-refractivity contribution < 1.29 is 14.3 Å². The number of amides is 2. The Balaban J connectivity index is 1.35. The SMILES string of the molecule is CC(=O)N1CCC(COc2cnc(C#N)cc2-c2ccn3nc(NC(=O)C4CC4)cc3c2)CC1. The Bertz CT molecular complexity index is 1280. The molecule has 0 radical (unpaired) electrons. The van der Waals surface area contributed by atoms with E-state index in [-0.39, 0.29) is 17.7 Å². The van der Waals surface area contributed by atoms with Crippen molar-refractivity contribution in [3.63, 3.8) is 0 Å². The molecule has 2 fully saturated rings. The standard InChI is InChI=1S/C25H26N6O3/c1-16(32)30-7-4-17(5-8-30)15-34-23-14-27-20(13-26)11-22(23)19-6-9-31-21(10-19)12-24(29-31)28-25(33)18-2-3-18/h6,9-12,14,17-18H,2-5,7-8,15H2,1H3,(H,28,29,33). The lowest BCUT2D eigenvalue weighted by Crippen LogP contribution is -2.38. The first-order chi connectivity index (χ1) is 16.5. The van der Waals surface area contributed by atoms with E-state index in [9.17, 15) is 14.9 Å². The lowest BCUT2D eigenvalue weighted by molar-refractivity contribution is -0.130. The fourth-order valence-electron chi connectivity index (χ4n) is 4.26. The monoisotopic (exact) mass is 458 g/mol. The highest BCUT2D eigenvalue weighted by molar-refractivity contribution is 5.93. The second-order valence-corrected chi connectivity index (χ2v) is 9.02. The van der Waals surface area contributed by atoms with E-state index < -0.39 is 0 Å². The van der Waals surface area contributed by atoms with Gasteiger partial charge in [-0.25, -0.2) is 9.50 Å². The number of aromatic nitrogens is 3. The molecule has 1 aliphatic carbocycles. The van der Waals surface area contributed by atoms with Crippen LogP contribution in [0.25, 0.3) is 16.6 Å². The van der Waals surface area contributed by atoms with Crippen molar-refractivity contribution >= 4 is 23.1 Å². The molecule has 0 unspecified atom stereocenters. The van der Waals surface area contributed by atoms with Crippen LogP contribution in [0.3, 0.4) is 0 Å². The Morgan fingerprint density at radius 2 is 2.00 bits per heavy atom. The summed E-state index contributed by atoms with van der Waals surface area (Å²) >= 11 is 0. The van der Waals surface area contributed by atoms with E-state index in [4.69, 9.17) is 4.74 Å². The third-order valence-corrected chi connectivity index (χ3v) is 6.49. The highest BCUT2D eigenvalue weighted by Gasteiger charge is 2.30. The molecular weight excluding hydrogens is 432 g/mol. The van der Waals surface area contributed by atoms with Gasteiger partial charge in [0.2, 0.25) is 11.8 Å². The number of carbonyl (C=O) groups is 2. The van der Waals surface area contributed by atoms with Gasteiger partial charge < -0.3 is 15.0 Å². The third-order valence-electron chi connectivity index (χ3n) is 6.49. The Morgan fingerprint density at radius 1 is 1.21 bits per heavy atom. The summed E-state index contributed by atoms with van der Waals surface area (Å²) in [5.74, 6) is 1.73. The largest absolute Gasteiger partial charge is 0.491 e. The van der Waals surface area contributed by atoms with Crippen molar-refractivity contribution in [3.8, 4) is 22.9 Å². The van der Waals surface area contributed by atoms with Crippen molar-refractivity contribution in [2.45, 2.75) is 32.6 Å². The van der Waals surface area contributed by atoms with Gasteiger partial charge in [0, 0.05) is 43.8 Å². The Kier molecular flexibility index (Phi) is 5.88. The molecule has 174 valence electrons. The first kappa shape index (κ1) is 21.9. The van der Waals surface area contributed by atoms with Crippen LogP contribution in [0, 0.1) is 23.2 Å². The van der Waals surface area contributed by atoms with E-state index in [1.54, 1.807) is 23.7 Å². The maximum Gasteiger partial charge on any atom is 0.228 e. The summed E-state index contributed by atoms with van der Waals surface area (Å²) in [6.45, 7) is 3.63. The molecule has 1 aliphatic heterocycles. The Hall–Kier alpha value is -3.93. The van der Waals surface area contributed by atoms with Crippen LogP contribution in [0.2, 0.25) is 0 Å². The van der Waals surface area contributed by atoms with Crippen LogP contribution in [0.4, 0.5) is 5.82 Å². The molecule has 3 aromatic rings. The molecule has 0 atom stereocenters. The Labute approximate surface area is 197 Å². The summed E-state index contributed by atoms with van der Waals surface area (Å²) < 4.78 is 7.88. The van der Waals surface area contributed by atoms with Gasteiger partial charge in [0.15, 0.2) is 5.82 Å². The number of likely N-dealkylation sites (tertiary alicyclic amines) is 1. The predicted octanol–water partition coefficient (Wildman–Crippen LogP) is 3.25. The van der Waals surface area contributed by atoms with Crippen LogP contribution in [0.15, 0.2) is 36.7 Å². The zero-order valence-corrected chi connectivity index (χ0v) is 19.0. The van der Waals surface area contributed by atoms with Crippen LogP contribution in [-0.4, -0.2) is 51.0 Å². The molecule has 1 saturated carbocycles. The van der Waals surface area contributed by atoms with Crippen LogP contribution >= 0.6 is 0 Å². The number of pyridine rings is 2. The number of hydrogen-bond donors (Lipinski definition) is 1. The van der Waals surface area contributed by atoms with Crippen molar-refractivity contribution in [2.24, 2.45) is 11.8 Å². The minimum absolute atomic E-state index is 0.0150. The number of ether oxygens (including phenoxy) is 1. The number of anilines is 1. The van der Waals surface area contributed by atoms with E-state index >= 15 is 0 Å². The average molecular weight is 459 g/mol. The molecule has 0 aromatic carbocycles. The number of rotatable bonds is 6. The minimum Gasteiger partial charge on any atom is -0.491 e. The molecule has 0 spiro atoms. The molecule has 1 N–H and O–H groups in total. The molecular formula is C25H26N6O3. The first-order valence-electron chi connectivity index (χ1n) is 11.6. The summed E-state index contributed by atoms with van der Waals surface area (Å²) in [6.07, 6.45) is 7.09. The lowest BCUT2D eigenvalue weighted by Gasteiger charge is -2.31. The van der Waals surface area contributed by atoms with Crippen molar-refractivity contribution in [2.75, 3.05) is 25.0 Å². The lowest BCUT2D eigenvalue weighted by atomic mass is 9.97. The van der Waals surface area contributed by atoms with E-state index in [0.29, 0.717) is 29.8 Å². The fourth-order valence-corrected chi connectivity index (χ4v) is 4.26. The van der Waals surface area contributed by atoms with Gasteiger partial charge in [-0.1, -0.05) is 0 Å². The van der Waals surface area contributed by atoms with Gasteiger partial charge in [-0.15, -0.1) is 0 Å². The summed E-state index contributed by atoms with van der Waals surface area (Å²) in [5, 5.41) is 16.7. The van der Waals surface area contributed by atoms with Crippen molar-refractivity contribution in [3.05, 3.63) is 42.4 Å². The fraction of sp³-hybridized carbons (Fsp3) is 0.400. The van der Waals surface area contributed by atoms with Gasteiger partial charge in [0.1, 0.15) is 17.5 Å². The van der Waals surface area contributed by atoms with Gasteiger partial charge in [-0.2, -0.15) is 10.4 Å². The van der Waals surface area contributed by atoms with Gasteiger partial charge >= 0.3 is 0 Å².